The molecular formula is C7H18BN. The number of hydrogen-bond donors (Lipinski definition) is 1. The Kier molecular flexibility index (Phi) is 3.27. The molecule has 0 aliphatic carbocycles. The van der Waals surface area contributed by atoms with Crippen LogP contribution in [0.4, 0.5) is 0 Å². The van der Waals surface area contributed by atoms with E-state index >= 15 is 0 Å². The average Bonchev–Trinajstić information content (AvgIpc) is 1.63. The molecule has 0 radical (unpaired) electrons. The van der Waals surface area contributed by atoms with E-state index in [1.165, 1.54) is 7.28 Å². The highest BCUT2D eigenvalue weighted by Gasteiger charge is 2.18. The van der Waals surface area contributed by atoms with Crippen molar-refractivity contribution in [2.75, 3.05) is 6.54 Å². The summed E-state index contributed by atoms with van der Waals surface area (Å²) in [6.45, 7) is 9.69. The zero-order valence-electron chi connectivity index (χ0n) is 7.07. The van der Waals surface area contributed by atoms with Crippen molar-refractivity contribution in [3.8, 4) is 0 Å². The lowest BCUT2D eigenvalue weighted by atomic mass is 9.48. The fourth-order valence-corrected chi connectivity index (χ4v) is 1.19. The highest BCUT2D eigenvalue weighted by atomic mass is 14.6. The standard InChI is InChI=1S/C7H18BN/c1-6(2)8-7(3,4)5-9/h6,8H,5,9H2,1-4H3. The lowest BCUT2D eigenvalue weighted by Crippen LogP contribution is -2.24. The first-order chi connectivity index (χ1) is 3.98. The molecule has 2 heteroatoms. The molecule has 0 saturated heterocycles. The van der Waals surface area contributed by atoms with E-state index in [4.69, 9.17) is 5.73 Å². The third-order valence-electron chi connectivity index (χ3n) is 1.51. The first-order valence-electron chi connectivity index (χ1n) is 3.68. The number of rotatable bonds is 3. The molecule has 1 nitrogen and oxygen atoms in total. The third-order valence-corrected chi connectivity index (χ3v) is 1.51. The first kappa shape index (κ1) is 9.02. The van der Waals surface area contributed by atoms with Crippen molar-refractivity contribution in [3.63, 3.8) is 0 Å². The third kappa shape index (κ3) is 4.52. The fourth-order valence-electron chi connectivity index (χ4n) is 1.19. The molecule has 0 amide bonds. The monoisotopic (exact) mass is 127 g/mol. The van der Waals surface area contributed by atoms with Gasteiger partial charge in [0.1, 0.15) is 7.28 Å². The van der Waals surface area contributed by atoms with E-state index in [-0.39, 0.29) is 0 Å². The zero-order valence-corrected chi connectivity index (χ0v) is 7.07. The van der Waals surface area contributed by atoms with Crippen LogP contribution in [0.2, 0.25) is 11.1 Å². The van der Waals surface area contributed by atoms with Crippen molar-refractivity contribution in [2.24, 2.45) is 5.73 Å². The second kappa shape index (κ2) is 3.26. The van der Waals surface area contributed by atoms with Crippen LogP contribution in [0.3, 0.4) is 0 Å². The maximum atomic E-state index is 5.55. The van der Waals surface area contributed by atoms with Crippen LogP contribution in [0.5, 0.6) is 0 Å². The molecule has 2 N–H and O–H groups in total. The van der Waals surface area contributed by atoms with Crippen molar-refractivity contribution in [1.82, 2.24) is 0 Å². The molecule has 0 atom stereocenters. The number of nitrogens with two attached hydrogens (primary N) is 1. The van der Waals surface area contributed by atoms with Gasteiger partial charge >= 0.3 is 0 Å². The lowest BCUT2D eigenvalue weighted by Gasteiger charge is -2.22. The molecule has 0 saturated carbocycles. The van der Waals surface area contributed by atoms with Gasteiger partial charge < -0.3 is 5.73 Å². The predicted octanol–water partition coefficient (Wildman–Crippen LogP) is 1.41. The molecule has 0 fully saturated rings. The van der Waals surface area contributed by atoms with Crippen molar-refractivity contribution in [1.29, 1.82) is 0 Å². The van der Waals surface area contributed by atoms with Crippen molar-refractivity contribution in [2.45, 2.75) is 38.8 Å². The van der Waals surface area contributed by atoms with Gasteiger partial charge in [-0.2, -0.15) is 0 Å². The van der Waals surface area contributed by atoms with Gasteiger partial charge in [0.2, 0.25) is 0 Å². The van der Waals surface area contributed by atoms with Crippen LogP contribution in [0.25, 0.3) is 0 Å². The molecule has 0 aromatic heterocycles. The molecule has 9 heavy (non-hydrogen) atoms. The largest absolute Gasteiger partial charge is 0.331 e. The molecule has 0 aliphatic heterocycles. The SMILES string of the molecule is CC(C)BC(C)(C)CN. The van der Waals surface area contributed by atoms with E-state index < -0.39 is 0 Å². The average molecular weight is 127 g/mol. The molecule has 54 valence electrons. The van der Waals surface area contributed by atoms with Gasteiger partial charge in [-0.15, -0.1) is 0 Å². The fraction of sp³-hybridized carbons (Fsp3) is 1.00. The van der Waals surface area contributed by atoms with Crippen LogP contribution >= 0.6 is 0 Å². The molecule has 0 spiro atoms. The summed E-state index contributed by atoms with van der Waals surface area (Å²) in [4.78, 5) is 0. The Labute approximate surface area is 59.3 Å². The second-order valence-corrected chi connectivity index (χ2v) is 3.97. The summed E-state index contributed by atoms with van der Waals surface area (Å²) < 4.78 is 0. The topological polar surface area (TPSA) is 26.0 Å². The molecule has 0 aliphatic rings. The maximum absolute atomic E-state index is 5.55. The van der Waals surface area contributed by atoms with E-state index in [9.17, 15) is 0 Å². The highest BCUT2D eigenvalue weighted by Crippen LogP contribution is 2.24. The Hall–Kier alpha value is 0.0249. The minimum absolute atomic E-state index is 0.341. The molecule has 0 rings (SSSR count). The maximum Gasteiger partial charge on any atom is 0.131 e. The minimum Gasteiger partial charge on any atom is -0.331 e. The van der Waals surface area contributed by atoms with Gasteiger partial charge in [0.15, 0.2) is 0 Å². The predicted molar refractivity (Wildman–Crippen MR) is 45.3 cm³/mol. The van der Waals surface area contributed by atoms with Crippen molar-refractivity contribution in [3.05, 3.63) is 0 Å². The van der Waals surface area contributed by atoms with Gasteiger partial charge in [-0.3, -0.25) is 0 Å². The molecule has 0 bridgehead atoms. The van der Waals surface area contributed by atoms with Crippen LogP contribution in [0.15, 0.2) is 0 Å². The summed E-state index contributed by atoms with van der Waals surface area (Å²) in [5.41, 5.74) is 5.55. The second-order valence-electron chi connectivity index (χ2n) is 3.97. The number of hydrogen-bond acceptors (Lipinski definition) is 1. The molecule has 0 unspecified atom stereocenters. The summed E-state index contributed by atoms with van der Waals surface area (Å²) in [5, 5.41) is 0.341. The minimum atomic E-state index is 0.341. The van der Waals surface area contributed by atoms with E-state index in [0.717, 1.165) is 12.4 Å². The van der Waals surface area contributed by atoms with E-state index in [1.807, 2.05) is 0 Å². The van der Waals surface area contributed by atoms with E-state index in [1.54, 1.807) is 0 Å². The van der Waals surface area contributed by atoms with Crippen LogP contribution in [0.1, 0.15) is 27.7 Å². The Morgan fingerprint density at radius 1 is 1.44 bits per heavy atom. The Morgan fingerprint density at radius 3 is 2.00 bits per heavy atom. The summed E-state index contributed by atoms with van der Waals surface area (Å²) in [5.74, 6) is 0.767. The summed E-state index contributed by atoms with van der Waals surface area (Å²) in [7, 11) is 1.23. The Balaban J connectivity index is 3.58. The molecule has 0 aromatic carbocycles. The highest BCUT2D eigenvalue weighted by molar-refractivity contribution is 6.41. The van der Waals surface area contributed by atoms with E-state index in [2.05, 4.69) is 27.7 Å². The zero-order chi connectivity index (χ0) is 7.49. The first-order valence-corrected chi connectivity index (χ1v) is 3.68. The van der Waals surface area contributed by atoms with Crippen LogP contribution in [0, 0.1) is 0 Å². The molecule has 0 heterocycles. The van der Waals surface area contributed by atoms with Crippen LogP contribution in [-0.2, 0) is 0 Å². The van der Waals surface area contributed by atoms with Gasteiger partial charge in [-0.05, 0) is 11.9 Å². The van der Waals surface area contributed by atoms with Gasteiger partial charge in [-0.1, -0.05) is 33.5 Å². The summed E-state index contributed by atoms with van der Waals surface area (Å²) >= 11 is 0. The van der Waals surface area contributed by atoms with E-state index in [0.29, 0.717) is 5.31 Å². The summed E-state index contributed by atoms with van der Waals surface area (Å²) in [6, 6.07) is 0. The Morgan fingerprint density at radius 2 is 1.89 bits per heavy atom. The normalized spacial score (nSPS) is 12.2. The van der Waals surface area contributed by atoms with Crippen molar-refractivity contribution >= 4 is 7.28 Å². The van der Waals surface area contributed by atoms with Gasteiger partial charge in [-0.25, -0.2) is 0 Å². The Bertz CT molecular complexity index is 79.0. The quantitative estimate of drug-likeness (QED) is 0.570. The smallest absolute Gasteiger partial charge is 0.131 e. The van der Waals surface area contributed by atoms with Crippen molar-refractivity contribution < 1.29 is 0 Å². The van der Waals surface area contributed by atoms with Crippen LogP contribution in [-0.4, -0.2) is 13.8 Å². The van der Waals surface area contributed by atoms with Gasteiger partial charge in [0, 0.05) is 0 Å². The van der Waals surface area contributed by atoms with Crippen LogP contribution < -0.4 is 5.73 Å². The molecular weight excluding hydrogens is 109 g/mol. The lowest BCUT2D eigenvalue weighted by molar-refractivity contribution is 0.669. The van der Waals surface area contributed by atoms with Gasteiger partial charge in [0.25, 0.3) is 0 Å². The summed E-state index contributed by atoms with van der Waals surface area (Å²) in [6.07, 6.45) is 0. The molecule has 0 aromatic rings. The van der Waals surface area contributed by atoms with Gasteiger partial charge in [0.05, 0.1) is 0 Å².